The minimum absolute atomic E-state index is 0.0737. The number of rotatable bonds is 0. The number of likely N-dealkylation sites (N-methyl/N-ethyl adjacent to an activating group) is 1. The van der Waals surface area contributed by atoms with Gasteiger partial charge in [-0.3, -0.25) is 0 Å². The van der Waals surface area contributed by atoms with Crippen LogP contribution in [0.4, 0.5) is 10.1 Å². The van der Waals surface area contributed by atoms with Gasteiger partial charge in [0.15, 0.2) is 0 Å². The molecular formula is C13H17FN2. The normalized spacial score (nSPS) is 22.5. The van der Waals surface area contributed by atoms with Crippen molar-refractivity contribution in [3.63, 3.8) is 0 Å². The maximum atomic E-state index is 13.8. The Morgan fingerprint density at radius 1 is 1.31 bits per heavy atom. The van der Waals surface area contributed by atoms with Gasteiger partial charge in [-0.1, -0.05) is 12.1 Å². The Morgan fingerprint density at radius 3 is 2.81 bits per heavy atom. The summed E-state index contributed by atoms with van der Waals surface area (Å²) in [7, 11) is 2.00. The topological polar surface area (TPSA) is 15.3 Å². The molecule has 0 bridgehead atoms. The van der Waals surface area contributed by atoms with Crippen molar-refractivity contribution in [3.8, 4) is 0 Å². The lowest BCUT2D eigenvalue weighted by molar-refractivity contribution is 0.327. The fourth-order valence-electron chi connectivity index (χ4n) is 3.28. The van der Waals surface area contributed by atoms with Crippen molar-refractivity contribution in [2.75, 3.05) is 31.6 Å². The lowest BCUT2D eigenvalue weighted by Crippen LogP contribution is -2.42. The van der Waals surface area contributed by atoms with Gasteiger partial charge in [0.25, 0.3) is 0 Å². The summed E-state index contributed by atoms with van der Waals surface area (Å²) in [6, 6.07) is 5.51. The summed E-state index contributed by atoms with van der Waals surface area (Å²) >= 11 is 0. The molecule has 0 unspecified atom stereocenters. The Kier molecular flexibility index (Phi) is 2.18. The van der Waals surface area contributed by atoms with Crippen molar-refractivity contribution in [3.05, 3.63) is 29.6 Å². The Balaban J connectivity index is 2.11. The van der Waals surface area contributed by atoms with Gasteiger partial charge in [0.1, 0.15) is 5.82 Å². The molecule has 3 rings (SSSR count). The molecule has 2 nitrogen and oxygen atoms in total. The quantitative estimate of drug-likeness (QED) is 0.718. The third kappa shape index (κ3) is 1.27. The highest BCUT2D eigenvalue weighted by Crippen LogP contribution is 2.46. The fraction of sp³-hybridized carbons (Fsp3) is 0.538. The van der Waals surface area contributed by atoms with Crippen LogP contribution in [-0.4, -0.2) is 26.7 Å². The zero-order valence-electron chi connectivity index (χ0n) is 9.59. The third-order valence-corrected chi connectivity index (χ3v) is 4.04. The van der Waals surface area contributed by atoms with Gasteiger partial charge in [-0.2, -0.15) is 0 Å². The van der Waals surface area contributed by atoms with E-state index < -0.39 is 0 Å². The van der Waals surface area contributed by atoms with Gasteiger partial charge in [-0.25, -0.2) is 4.39 Å². The monoisotopic (exact) mass is 220 g/mol. The summed E-state index contributed by atoms with van der Waals surface area (Å²) in [4.78, 5) is 2.08. The zero-order valence-corrected chi connectivity index (χ0v) is 9.59. The smallest absolute Gasteiger partial charge is 0.146 e. The summed E-state index contributed by atoms with van der Waals surface area (Å²) in [5.41, 5.74) is 2.23. The Labute approximate surface area is 95.4 Å². The first-order valence-corrected chi connectivity index (χ1v) is 5.94. The molecule has 0 amide bonds. The van der Waals surface area contributed by atoms with Crippen molar-refractivity contribution in [2.24, 2.45) is 0 Å². The number of fused-ring (bicyclic) bond motifs is 2. The van der Waals surface area contributed by atoms with Crippen LogP contribution in [-0.2, 0) is 5.41 Å². The van der Waals surface area contributed by atoms with E-state index in [2.05, 4.69) is 16.3 Å². The number of hydrogen-bond donors (Lipinski definition) is 1. The van der Waals surface area contributed by atoms with Crippen LogP contribution >= 0.6 is 0 Å². The molecule has 0 saturated carbocycles. The standard InChI is InChI=1S/C13H17FN2/c1-16-9-13(5-7-15-8-6-13)10-3-2-4-11(14)12(10)16/h2-4,15H,5-9H2,1H3. The highest BCUT2D eigenvalue weighted by molar-refractivity contribution is 5.63. The lowest BCUT2D eigenvalue weighted by atomic mass is 9.75. The number of anilines is 1. The van der Waals surface area contributed by atoms with Crippen LogP contribution in [0.2, 0.25) is 0 Å². The number of halogens is 1. The summed E-state index contributed by atoms with van der Waals surface area (Å²) < 4.78 is 13.8. The highest BCUT2D eigenvalue weighted by Gasteiger charge is 2.43. The summed E-state index contributed by atoms with van der Waals surface area (Å²) in [5.74, 6) is -0.0737. The predicted molar refractivity (Wildman–Crippen MR) is 63.5 cm³/mol. The second-order valence-corrected chi connectivity index (χ2v) is 5.02. The predicted octanol–water partition coefficient (Wildman–Crippen LogP) is 1.90. The number of hydrogen-bond acceptors (Lipinski definition) is 2. The van der Waals surface area contributed by atoms with Crippen molar-refractivity contribution in [1.82, 2.24) is 5.32 Å². The average molecular weight is 220 g/mol. The van der Waals surface area contributed by atoms with Gasteiger partial charge in [0.05, 0.1) is 5.69 Å². The zero-order chi connectivity index (χ0) is 11.2. The van der Waals surface area contributed by atoms with Crippen molar-refractivity contribution >= 4 is 5.69 Å². The molecule has 2 heterocycles. The largest absolute Gasteiger partial charge is 0.371 e. The van der Waals surface area contributed by atoms with Crippen molar-refractivity contribution < 1.29 is 4.39 Å². The van der Waals surface area contributed by atoms with E-state index in [9.17, 15) is 4.39 Å². The maximum Gasteiger partial charge on any atom is 0.146 e. The highest BCUT2D eigenvalue weighted by atomic mass is 19.1. The van der Waals surface area contributed by atoms with E-state index in [4.69, 9.17) is 0 Å². The Bertz CT molecular complexity index is 410. The van der Waals surface area contributed by atoms with Crippen LogP contribution in [0, 0.1) is 5.82 Å². The van der Waals surface area contributed by atoms with Crippen LogP contribution in [0.15, 0.2) is 18.2 Å². The molecule has 0 aromatic heterocycles. The first kappa shape index (κ1) is 10.1. The number of piperidine rings is 1. The molecule has 1 spiro atoms. The molecule has 0 atom stereocenters. The molecule has 0 aliphatic carbocycles. The van der Waals surface area contributed by atoms with Crippen LogP contribution in [0.5, 0.6) is 0 Å². The van der Waals surface area contributed by atoms with Gasteiger partial charge >= 0.3 is 0 Å². The molecule has 1 saturated heterocycles. The van der Waals surface area contributed by atoms with Crippen molar-refractivity contribution in [1.29, 1.82) is 0 Å². The fourth-order valence-corrected chi connectivity index (χ4v) is 3.28. The van der Waals surface area contributed by atoms with E-state index in [-0.39, 0.29) is 11.2 Å². The van der Waals surface area contributed by atoms with Crippen LogP contribution in [0.3, 0.4) is 0 Å². The molecular weight excluding hydrogens is 203 g/mol. The number of nitrogens with zero attached hydrogens (tertiary/aromatic N) is 1. The molecule has 16 heavy (non-hydrogen) atoms. The van der Waals surface area contributed by atoms with Gasteiger partial charge in [0.2, 0.25) is 0 Å². The molecule has 2 aliphatic rings. The van der Waals surface area contributed by atoms with Gasteiger partial charge < -0.3 is 10.2 Å². The molecule has 0 radical (unpaired) electrons. The van der Waals surface area contributed by atoms with Crippen LogP contribution in [0.1, 0.15) is 18.4 Å². The summed E-state index contributed by atoms with van der Waals surface area (Å²) in [5, 5.41) is 3.38. The second-order valence-electron chi connectivity index (χ2n) is 5.02. The maximum absolute atomic E-state index is 13.8. The third-order valence-electron chi connectivity index (χ3n) is 4.04. The Morgan fingerprint density at radius 2 is 2.06 bits per heavy atom. The first-order chi connectivity index (χ1) is 7.73. The first-order valence-electron chi connectivity index (χ1n) is 5.94. The molecule has 1 aromatic rings. The SMILES string of the molecule is CN1CC2(CCNCC2)c2cccc(F)c21. The average Bonchev–Trinajstić information content (AvgIpc) is 2.55. The lowest BCUT2D eigenvalue weighted by Gasteiger charge is -2.34. The van der Waals surface area contributed by atoms with Gasteiger partial charge in [-0.05, 0) is 37.6 Å². The van der Waals surface area contributed by atoms with E-state index >= 15 is 0 Å². The van der Waals surface area contributed by atoms with E-state index in [1.165, 1.54) is 5.56 Å². The summed E-state index contributed by atoms with van der Waals surface area (Å²) in [6.45, 7) is 3.05. The van der Waals surface area contributed by atoms with Gasteiger partial charge in [-0.15, -0.1) is 0 Å². The van der Waals surface area contributed by atoms with E-state index in [0.717, 1.165) is 38.2 Å². The minimum Gasteiger partial charge on any atom is -0.371 e. The molecule has 2 aliphatic heterocycles. The van der Waals surface area contributed by atoms with Crippen LogP contribution in [0.25, 0.3) is 0 Å². The molecule has 86 valence electrons. The van der Waals surface area contributed by atoms with E-state index in [1.54, 1.807) is 6.07 Å². The number of nitrogens with one attached hydrogen (secondary N) is 1. The second kappa shape index (κ2) is 3.45. The molecule has 1 fully saturated rings. The van der Waals surface area contributed by atoms with Gasteiger partial charge in [0, 0.05) is 19.0 Å². The minimum atomic E-state index is -0.0737. The van der Waals surface area contributed by atoms with E-state index in [0.29, 0.717) is 0 Å². The number of benzene rings is 1. The number of para-hydroxylation sites is 1. The van der Waals surface area contributed by atoms with Crippen LogP contribution < -0.4 is 10.2 Å². The van der Waals surface area contributed by atoms with Crippen molar-refractivity contribution in [2.45, 2.75) is 18.3 Å². The summed E-state index contributed by atoms with van der Waals surface area (Å²) in [6.07, 6.45) is 2.24. The van der Waals surface area contributed by atoms with E-state index in [1.807, 2.05) is 13.1 Å². The molecule has 1 N–H and O–H groups in total. The molecule has 1 aromatic carbocycles. The Hall–Kier alpha value is -1.09. The molecule has 3 heteroatoms.